The lowest BCUT2D eigenvalue weighted by molar-refractivity contribution is -0.151. The standard InChI is InChI=1S/C30H42N8O5/c1-29(2,13-39)17-6-7-19-20(11-17)36-22(35-19)8-5-16-9-18(10-16)38(30(3,4)42)12-21-24(40)25(41)28(43-21)37-15-34-23-26(31)32-14-33-27(23)37/h6-7,11,14-16,18,21,24-25,28,39-42H,5,8-10,12-13H2,1-4H3,(H,35,36)(H2,31,32,33). The van der Waals surface area contributed by atoms with Crippen LogP contribution in [0.4, 0.5) is 5.82 Å². The summed E-state index contributed by atoms with van der Waals surface area (Å²) in [6.45, 7) is 7.82. The van der Waals surface area contributed by atoms with E-state index < -0.39 is 30.3 Å². The summed E-state index contributed by atoms with van der Waals surface area (Å²) in [7, 11) is 0. The van der Waals surface area contributed by atoms with Crippen LogP contribution in [-0.4, -0.2) is 98.0 Å². The van der Waals surface area contributed by atoms with Gasteiger partial charge >= 0.3 is 0 Å². The number of aromatic nitrogens is 6. The zero-order chi connectivity index (χ0) is 30.7. The average Bonchev–Trinajstić information content (AvgIpc) is 3.62. The molecule has 4 aromatic rings. The van der Waals surface area contributed by atoms with E-state index in [-0.39, 0.29) is 30.4 Å². The number of imidazole rings is 2. The topological polar surface area (TPSA) is 192 Å². The Morgan fingerprint density at radius 3 is 2.60 bits per heavy atom. The summed E-state index contributed by atoms with van der Waals surface area (Å²) in [6.07, 6.45) is 2.34. The minimum absolute atomic E-state index is 0.0732. The van der Waals surface area contributed by atoms with Gasteiger partial charge in [0.25, 0.3) is 0 Å². The predicted octanol–water partition coefficient (Wildman–Crippen LogP) is 1.62. The summed E-state index contributed by atoms with van der Waals surface area (Å²) in [5, 5.41) is 42.6. The summed E-state index contributed by atoms with van der Waals surface area (Å²) in [6, 6.07) is 6.21. The molecule has 4 atom stereocenters. The molecule has 0 spiro atoms. The minimum atomic E-state index is -1.22. The first kappa shape index (κ1) is 29.9. The molecule has 4 unspecified atom stereocenters. The zero-order valence-corrected chi connectivity index (χ0v) is 25.1. The monoisotopic (exact) mass is 594 g/mol. The quantitative estimate of drug-likeness (QED) is 0.146. The van der Waals surface area contributed by atoms with E-state index in [1.54, 1.807) is 18.4 Å². The Morgan fingerprint density at radius 1 is 1.12 bits per heavy atom. The summed E-state index contributed by atoms with van der Waals surface area (Å²) < 4.78 is 7.72. The number of nitrogens with two attached hydrogens (primary N) is 1. The number of aliphatic hydroxyl groups is 4. The summed E-state index contributed by atoms with van der Waals surface area (Å²) in [4.78, 5) is 22.6. The van der Waals surface area contributed by atoms with Gasteiger partial charge in [0.2, 0.25) is 0 Å². The van der Waals surface area contributed by atoms with Crippen molar-refractivity contribution >= 4 is 28.0 Å². The van der Waals surface area contributed by atoms with Crippen LogP contribution in [0.5, 0.6) is 0 Å². The SMILES string of the molecule is CC(C)(CO)c1ccc2nc(CCC3CC(N(CC4OC(n5cnc6c(N)ncnc65)C(O)C4O)C(C)(C)O)C3)[nH]c2c1. The van der Waals surface area contributed by atoms with Gasteiger partial charge in [-0.3, -0.25) is 9.47 Å². The van der Waals surface area contributed by atoms with Gasteiger partial charge < -0.3 is 35.9 Å². The first-order valence-corrected chi connectivity index (χ1v) is 14.9. The molecular weight excluding hydrogens is 552 g/mol. The number of nitrogens with zero attached hydrogens (tertiary/aromatic N) is 6. The molecule has 6 rings (SSSR count). The third kappa shape index (κ3) is 5.61. The van der Waals surface area contributed by atoms with Gasteiger partial charge in [-0.25, -0.2) is 19.9 Å². The molecule has 2 aliphatic rings. The third-order valence-electron chi connectivity index (χ3n) is 9.23. The zero-order valence-electron chi connectivity index (χ0n) is 25.1. The molecule has 4 heterocycles. The maximum Gasteiger partial charge on any atom is 0.167 e. The lowest BCUT2D eigenvalue weighted by Gasteiger charge is -2.49. The van der Waals surface area contributed by atoms with Crippen molar-refractivity contribution in [3.8, 4) is 0 Å². The Morgan fingerprint density at radius 2 is 1.88 bits per heavy atom. The molecular formula is C30H42N8O5. The number of aryl methyl sites for hydroxylation is 1. The maximum absolute atomic E-state index is 11.1. The second kappa shape index (κ2) is 11.1. The van der Waals surface area contributed by atoms with Crippen molar-refractivity contribution in [2.75, 3.05) is 18.9 Å². The van der Waals surface area contributed by atoms with E-state index in [0.717, 1.165) is 48.1 Å². The molecule has 13 heteroatoms. The smallest absolute Gasteiger partial charge is 0.167 e. The molecule has 0 bridgehead atoms. The molecule has 43 heavy (non-hydrogen) atoms. The highest BCUT2D eigenvalue weighted by molar-refractivity contribution is 5.81. The van der Waals surface area contributed by atoms with E-state index in [4.69, 9.17) is 15.5 Å². The van der Waals surface area contributed by atoms with Crippen LogP contribution >= 0.6 is 0 Å². The Balaban J connectivity index is 1.08. The highest BCUT2D eigenvalue weighted by Crippen LogP contribution is 2.40. The molecule has 1 saturated carbocycles. The number of rotatable bonds is 10. The van der Waals surface area contributed by atoms with Gasteiger partial charge in [-0.2, -0.15) is 0 Å². The fourth-order valence-electron chi connectivity index (χ4n) is 6.40. The van der Waals surface area contributed by atoms with Crippen molar-refractivity contribution in [1.82, 2.24) is 34.4 Å². The molecule has 1 aliphatic carbocycles. The van der Waals surface area contributed by atoms with Crippen LogP contribution in [0.25, 0.3) is 22.2 Å². The molecule has 1 aromatic carbocycles. The van der Waals surface area contributed by atoms with Gasteiger partial charge in [0.05, 0.1) is 24.0 Å². The van der Waals surface area contributed by atoms with E-state index in [1.807, 2.05) is 30.9 Å². The first-order valence-electron chi connectivity index (χ1n) is 14.9. The van der Waals surface area contributed by atoms with Crippen molar-refractivity contribution in [3.63, 3.8) is 0 Å². The van der Waals surface area contributed by atoms with Gasteiger partial charge in [-0.1, -0.05) is 19.9 Å². The summed E-state index contributed by atoms with van der Waals surface area (Å²) in [5.41, 5.74) is 8.21. The number of ether oxygens (including phenoxy) is 1. The predicted molar refractivity (Wildman–Crippen MR) is 160 cm³/mol. The lowest BCUT2D eigenvalue weighted by Crippen LogP contribution is -2.58. The van der Waals surface area contributed by atoms with Crippen LogP contribution in [0.2, 0.25) is 0 Å². The number of hydrogen-bond donors (Lipinski definition) is 6. The molecule has 1 aliphatic heterocycles. The number of H-pyrrole nitrogens is 1. The fourth-order valence-corrected chi connectivity index (χ4v) is 6.40. The molecule has 2 fully saturated rings. The number of benzene rings is 1. The number of anilines is 1. The van der Waals surface area contributed by atoms with E-state index >= 15 is 0 Å². The Kier molecular flexibility index (Phi) is 7.68. The van der Waals surface area contributed by atoms with E-state index in [1.165, 1.54) is 12.7 Å². The number of aromatic amines is 1. The van der Waals surface area contributed by atoms with E-state index in [2.05, 4.69) is 26.0 Å². The molecule has 3 aromatic heterocycles. The van der Waals surface area contributed by atoms with Crippen molar-refractivity contribution in [3.05, 3.63) is 42.2 Å². The second-order valence-corrected chi connectivity index (χ2v) is 13.3. The van der Waals surface area contributed by atoms with Crippen molar-refractivity contribution < 1.29 is 25.2 Å². The Labute approximate surface area is 249 Å². The van der Waals surface area contributed by atoms with Crippen molar-refractivity contribution in [2.24, 2.45) is 5.92 Å². The van der Waals surface area contributed by atoms with Crippen molar-refractivity contribution in [2.45, 2.75) is 95.1 Å². The van der Waals surface area contributed by atoms with Gasteiger partial charge in [0.15, 0.2) is 17.7 Å². The molecule has 13 nitrogen and oxygen atoms in total. The van der Waals surface area contributed by atoms with Crippen LogP contribution in [0, 0.1) is 5.92 Å². The van der Waals surface area contributed by atoms with Crippen LogP contribution in [0.1, 0.15) is 64.6 Å². The van der Waals surface area contributed by atoms with Crippen LogP contribution in [0.15, 0.2) is 30.9 Å². The number of aliphatic hydroxyl groups excluding tert-OH is 3. The minimum Gasteiger partial charge on any atom is -0.395 e. The number of nitrogens with one attached hydrogen (secondary N) is 1. The highest BCUT2D eigenvalue weighted by atomic mass is 16.6. The van der Waals surface area contributed by atoms with E-state index in [0.29, 0.717) is 17.1 Å². The number of hydrogen-bond acceptors (Lipinski definition) is 11. The van der Waals surface area contributed by atoms with Gasteiger partial charge in [0, 0.05) is 24.4 Å². The largest absolute Gasteiger partial charge is 0.395 e. The highest BCUT2D eigenvalue weighted by Gasteiger charge is 2.48. The Bertz CT molecular complexity index is 1590. The molecule has 0 radical (unpaired) electrons. The van der Waals surface area contributed by atoms with Crippen LogP contribution in [0.3, 0.4) is 0 Å². The first-order chi connectivity index (χ1) is 20.4. The van der Waals surface area contributed by atoms with Crippen LogP contribution < -0.4 is 5.73 Å². The molecule has 1 saturated heterocycles. The maximum atomic E-state index is 11.1. The van der Waals surface area contributed by atoms with Crippen LogP contribution in [-0.2, 0) is 16.6 Å². The van der Waals surface area contributed by atoms with Gasteiger partial charge in [-0.05, 0) is 56.7 Å². The van der Waals surface area contributed by atoms with Crippen molar-refractivity contribution in [1.29, 1.82) is 0 Å². The second-order valence-electron chi connectivity index (χ2n) is 13.3. The molecule has 7 N–H and O–H groups in total. The Hall–Kier alpha value is -3.20. The van der Waals surface area contributed by atoms with Gasteiger partial charge in [-0.15, -0.1) is 0 Å². The summed E-state index contributed by atoms with van der Waals surface area (Å²) >= 11 is 0. The normalized spacial score (nSPS) is 26.5. The number of nitrogen functional groups attached to an aromatic ring is 1. The summed E-state index contributed by atoms with van der Waals surface area (Å²) in [5.74, 6) is 1.64. The third-order valence-corrected chi connectivity index (χ3v) is 9.23. The molecule has 0 amide bonds. The van der Waals surface area contributed by atoms with E-state index in [9.17, 15) is 20.4 Å². The average molecular weight is 595 g/mol. The number of fused-ring (bicyclic) bond motifs is 2. The fraction of sp³-hybridized carbons (Fsp3) is 0.600. The van der Waals surface area contributed by atoms with Gasteiger partial charge in [0.1, 0.15) is 41.7 Å². The molecule has 232 valence electrons. The lowest BCUT2D eigenvalue weighted by atomic mass is 9.76.